The first-order valence-corrected chi connectivity index (χ1v) is 9.89. The van der Waals surface area contributed by atoms with Crippen LogP contribution in [0.25, 0.3) is 0 Å². The van der Waals surface area contributed by atoms with Gasteiger partial charge in [0.25, 0.3) is 0 Å². The molecule has 1 amide bonds. The van der Waals surface area contributed by atoms with Crippen LogP contribution in [0.3, 0.4) is 0 Å². The summed E-state index contributed by atoms with van der Waals surface area (Å²) >= 11 is 0. The summed E-state index contributed by atoms with van der Waals surface area (Å²) in [5.74, 6) is 1.20. The maximum atomic E-state index is 12.0. The lowest BCUT2D eigenvalue weighted by Crippen LogP contribution is -2.52. The molecule has 0 aliphatic heterocycles. The van der Waals surface area contributed by atoms with Crippen molar-refractivity contribution in [3.63, 3.8) is 0 Å². The van der Waals surface area contributed by atoms with Crippen LogP contribution in [0, 0.1) is 5.92 Å². The molecule has 1 aromatic carbocycles. The monoisotopic (exact) mass is 344 g/mol. The summed E-state index contributed by atoms with van der Waals surface area (Å²) in [5.41, 5.74) is 9.37. The zero-order valence-electron chi connectivity index (χ0n) is 15.6. The van der Waals surface area contributed by atoms with E-state index in [1.165, 1.54) is 36.8 Å². The van der Waals surface area contributed by atoms with E-state index in [2.05, 4.69) is 31.3 Å². The first kappa shape index (κ1) is 18.2. The van der Waals surface area contributed by atoms with Crippen molar-refractivity contribution in [3.05, 3.63) is 29.3 Å². The Morgan fingerprint density at radius 1 is 1.36 bits per heavy atom. The zero-order chi connectivity index (χ0) is 17.9. The van der Waals surface area contributed by atoms with Crippen LogP contribution in [0.2, 0.25) is 0 Å². The highest BCUT2D eigenvalue weighted by atomic mass is 16.6. The normalized spacial score (nSPS) is 28.4. The van der Waals surface area contributed by atoms with Crippen LogP contribution in [0.15, 0.2) is 18.2 Å². The number of nitrogens with one attached hydrogen (secondary N) is 1. The van der Waals surface area contributed by atoms with Crippen molar-refractivity contribution in [2.75, 3.05) is 6.54 Å². The third-order valence-electron chi connectivity index (χ3n) is 6.20. The molecule has 0 spiro atoms. The number of rotatable bonds is 4. The largest absolute Gasteiger partial charge is 0.412 e. The van der Waals surface area contributed by atoms with Gasteiger partial charge >= 0.3 is 6.09 Å². The average Bonchev–Trinajstić information content (AvgIpc) is 2.59. The summed E-state index contributed by atoms with van der Waals surface area (Å²) < 4.78 is 5.51. The van der Waals surface area contributed by atoms with Gasteiger partial charge in [-0.2, -0.15) is 0 Å². The van der Waals surface area contributed by atoms with Gasteiger partial charge in [0.15, 0.2) is 0 Å². The molecule has 0 radical (unpaired) electrons. The summed E-state index contributed by atoms with van der Waals surface area (Å²) in [5, 5.41) is 2.81. The van der Waals surface area contributed by atoms with E-state index in [9.17, 15) is 4.79 Å². The van der Waals surface area contributed by atoms with E-state index in [0.717, 1.165) is 25.7 Å². The van der Waals surface area contributed by atoms with Crippen LogP contribution in [-0.4, -0.2) is 18.7 Å². The molecule has 0 unspecified atom stereocenters. The van der Waals surface area contributed by atoms with Gasteiger partial charge in [0.2, 0.25) is 0 Å². The second kappa shape index (κ2) is 7.77. The molecule has 2 aliphatic carbocycles. The number of carbonyl (C=O) groups is 1. The van der Waals surface area contributed by atoms with Crippen molar-refractivity contribution in [3.8, 4) is 5.75 Å². The molecule has 0 saturated heterocycles. The quantitative estimate of drug-likeness (QED) is 0.801. The van der Waals surface area contributed by atoms with Crippen LogP contribution >= 0.6 is 0 Å². The van der Waals surface area contributed by atoms with Crippen LogP contribution in [0.1, 0.15) is 69.9 Å². The molecule has 1 saturated carbocycles. The maximum absolute atomic E-state index is 12.0. The predicted octanol–water partition coefficient (Wildman–Crippen LogP) is 4.30. The fourth-order valence-electron chi connectivity index (χ4n) is 4.61. The third kappa shape index (κ3) is 3.84. The summed E-state index contributed by atoms with van der Waals surface area (Å²) in [6.45, 7) is 5.06. The lowest BCUT2D eigenvalue weighted by molar-refractivity contribution is 0.196. The summed E-state index contributed by atoms with van der Waals surface area (Å²) in [6, 6.07) is 6.32. The highest BCUT2D eigenvalue weighted by Gasteiger charge is 2.43. The Morgan fingerprint density at radius 2 is 2.20 bits per heavy atom. The smallest absolute Gasteiger partial charge is 0.410 e. The van der Waals surface area contributed by atoms with Gasteiger partial charge in [0.1, 0.15) is 5.75 Å². The maximum Gasteiger partial charge on any atom is 0.412 e. The van der Waals surface area contributed by atoms with E-state index in [-0.39, 0.29) is 17.6 Å². The molecule has 3 rings (SSSR count). The Kier molecular flexibility index (Phi) is 5.67. The number of nitrogens with two attached hydrogens (primary N) is 1. The summed E-state index contributed by atoms with van der Waals surface area (Å²) in [4.78, 5) is 12.0. The van der Waals surface area contributed by atoms with Gasteiger partial charge in [0.05, 0.1) is 0 Å². The SMILES string of the molecule is CCCCNC(=O)Oc1ccc2c(c1)[C@@]1(C)CCCCC[C@@H](C2)[C@@H]1N. The molecule has 4 nitrogen and oxygen atoms in total. The highest BCUT2D eigenvalue weighted by Crippen LogP contribution is 2.46. The molecule has 1 aromatic rings. The molecule has 4 heteroatoms. The lowest BCUT2D eigenvalue weighted by atomic mass is 9.60. The number of carbonyl (C=O) groups excluding carboxylic acids is 1. The number of hydrogen-bond donors (Lipinski definition) is 2. The minimum absolute atomic E-state index is 0.0171. The second-order valence-corrected chi connectivity index (χ2v) is 8.00. The Morgan fingerprint density at radius 3 is 3.00 bits per heavy atom. The van der Waals surface area contributed by atoms with Crippen LogP contribution in [0.4, 0.5) is 4.79 Å². The number of unbranched alkanes of at least 4 members (excludes halogenated alkanes) is 1. The topological polar surface area (TPSA) is 64.3 Å². The Hall–Kier alpha value is -1.55. The average molecular weight is 344 g/mol. The highest BCUT2D eigenvalue weighted by molar-refractivity contribution is 5.70. The van der Waals surface area contributed by atoms with E-state index in [1.807, 2.05) is 6.07 Å². The van der Waals surface area contributed by atoms with E-state index >= 15 is 0 Å². The van der Waals surface area contributed by atoms with Crippen molar-refractivity contribution in [2.45, 2.75) is 76.7 Å². The molecule has 3 N–H and O–H groups in total. The van der Waals surface area contributed by atoms with Gasteiger partial charge in [-0.25, -0.2) is 4.79 Å². The van der Waals surface area contributed by atoms with Gasteiger partial charge in [0, 0.05) is 18.0 Å². The second-order valence-electron chi connectivity index (χ2n) is 8.00. The Labute approximate surface area is 151 Å². The van der Waals surface area contributed by atoms with Crippen LogP contribution in [0.5, 0.6) is 5.75 Å². The molecular weight excluding hydrogens is 312 g/mol. The zero-order valence-corrected chi connectivity index (χ0v) is 15.6. The van der Waals surface area contributed by atoms with Gasteiger partial charge < -0.3 is 15.8 Å². The fourth-order valence-corrected chi connectivity index (χ4v) is 4.61. The van der Waals surface area contributed by atoms with Crippen molar-refractivity contribution in [2.24, 2.45) is 11.7 Å². The van der Waals surface area contributed by atoms with Crippen molar-refractivity contribution in [1.82, 2.24) is 5.32 Å². The molecule has 0 aromatic heterocycles. The van der Waals surface area contributed by atoms with E-state index in [0.29, 0.717) is 18.2 Å². The van der Waals surface area contributed by atoms with Crippen LogP contribution in [-0.2, 0) is 11.8 Å². The molecule has 3 atom stereocenters. The van der Waals surface area contributed by atoms with Crippen molar-refractivity contribution < 1.29 is 9.53 Å². The number of fused-ring (bicyclic) bond motifs is 4. The molecular formula is C21H32N2O2. The van der Waals surface area contributed by atoms with Gasteiger partial charge in [-0.05, 0) is 54.9 Å². The number of hydrogen-bond acceptors (Lipinski definition) is 3. The third-order valence-corrected chi connectivity index (χ3v) is 6.20. The standard InChI is InChI=1S/C21H32N2O2/c1-3-4-12-23-20(24)25-17-10-9-15-13-16-8-6-5-7-11-21(2,19(16)22)18(15)14-17/h9-10,14,16,19H,3-8,11-13,22H2,1-2H3,(H,23,24)/t16-,19-,21+/m0/s1. The van der Waals surface area contributed by atoms with E-state index in [4.69, 9.17) is 10.5 Å². The van der Waals surface area contributed by atoms with E-state index in [1.54, 1.807) is 0 Å². The van der Waals surface area contributed by atoms with Crippen molar-refractivity contribution >= 4 is 6.09 Å². The number of amides is 1. The molecule has 0 heterocycles. The Bertz CT molecular complexity index is 616. The van der Waals surface area contributed by atoms with Crippen molar-refractivity contribution in [1.29, 1.82) is 0 Å². The van der Waals surface area contributed by atoms with E-state index < -0.39 is 0 Å². The number of ether oxygens (including phenoxy) is 1. The van der Waals surface area contributed by atoms with Crippen LogP contribution < -0.4 is 15.8 Å². The minimum Gasteiger partial charge on any atom is -0.410 e. The molecule has 2 bridgehead atoms. The van der Waals surface area contributed by atoms with Gasteiger partial charge in [-0.1, -0.05) is 45.6 Å². The predicted molar refractivity (Wildman–Crippen MR) is 101 cm³/mol. The minimum atomic E-state index is -0.366. The Balaban J connectivity index is 1.81. The summed E-state index contributed by atoms with van der Waals surface area (Å²) in [6.07, 6.45) is 8.86. The molecule has 25 heavy (non-hydrogen) atoms. The first-order valence-electron chi connectivity index (χ1n) is 9.89. The molecule has 2 aliphatic rings. The fraction of sp³-hybridized carbons (Fsp3) is 0.667. The van der Waals surface area contributed by atoms with Gasteiger partial charge in [-0.3, -0.25) is 0 Å². The molecule has 1 fully saturated rings. The summed E-state index contributed by atoms with van der Waals surface area (Å²) in [7, 11) is 0. The van der Waals surface area contributed by atoms with Gasteiger partial charge in [-0.15, -0.1) is 0 Å². The lowest BCUT2D eigenvalue weighted by Gasteiger charge is -2.47. The molecule has 138 valence electrons. The first-order chi connectivity index (χ1) is 12.0. The number of benzene rings is 1.